The number of aromatic amines is 1. The van der Waals surface area contributed by atoms with Crippen LogP contribution in [0.1, 0.15) is 34.6 Å². The Balaban J connectivity index is 1.31. The molecule has 1 atom stereocenters. The molecule has 3 N–H and O–H groups in total. The molecule has 0 aliphatic carbocycles. The van der Waals surface area contributed by atoms with Gasteiger partial charge in [-0.25, -0.2) is 8.42 Å². The van der Waals surface area contributed by atoms with Gasteiger partial charge < -0.3 is 15.0 Å². The molecular weight excluding hydrogens is 506 g/mol. The van der Waals surface area contributed by atoms with E-state index < -0.39 is 16.1 Å². The molecule has 2 heterocycles. The summed E-state index contributed by atoms with van der Waals surface area (Å²) in [6.45, 7) is 1.82. The number of aromatic nitrogens is 2. The molecule has 0 saturated carbocycles. The van der Waals surface area contributed by atoms with Gasteiger partial charge in [-0.15, -0.1) is 0 Å². The minimum absolute atomic E-state index is 0.0994. The van der Waals surface area contributed by atoms with E-state index in [2.05, 4.69) is 20.2 Å². The van der Waals surface area contributed by atoms with Gasteiger partial charge in [-0.1, -0.05) is 18.2 Å². The normalized spacial score (nSPS) is 14.6. The fourth-order valence-corrected chi connectivity index (χ4v) is 4.93. The Morgan fingerprint density at radius 1 is 0.974 bits per heavy atom. The Labute approximate surface area is 219 Å². The first-order chi connectivity index (χ1) is 18.2. The number of hydrogen-bond acceptors (Lipinski definition) is 7. The number of Topliss-reactive ketones (excluding diaryl/α,β-unsaturated/α-hetero) is 1. The number of anilines is 3. The van der Waals surface area contributed by atoms with Crippen molar-refractivity contribution in [1.29, 1.82) is 0 Å². The number of carbonyl (C=O) groups excluding carboxylic acids is 2. The van der Waals surface area contributed by atoms with Crippen LogP contribution in [0.4, 0.5) is 17.2 Å². The summed E-state index contributed by atoms with van der Waals surface area (Å²) in [6.07, 6.45) is 1.08. The molecule has 38 heavy (non-hydrogen) atoms. The molecule has 1 unspecified atom stereocenters. The van der Waals surface area contributed by atoms with Crippen LogP contribution in [0.3, 0.4) is 0 Å². The highest BCUT2D eigenvalue weighted by Crippen LogP contribution is 2.40. The summed E-state index contributed by atoms with van der Waals surface area (Å²) in [4.78, 5) is 27.4. The number of fused-ring (bicyclic) bond motifs is 1. The molecule has 0 saturated heterocycles. The SMILES string of the molecule is CC(=O)C1c2[nH]nc(NC(=O)c3ccc(Oc4ccccc4)cc3)c2CN1c1ccc(NS(C)(=O)=O)cc1. The molecule has 0 bridgehead atoms. The first-order valence-electron chi connectivity index (χ1n) is 11.7. The number of benzene rings is 3. The lowest BCUT2D eigenvalue weighted by atomic mass is 10.1. The fraction of sp³-hybridized carbons (Fsp3) is 0.148. The highest BCUT2D eigenvalue weighted by molar-refractivity contribution is 7.92. The van der Waals surface area contributed by atoms with Gasteiger partial charge in [-0.05, 0) is 67.6 Å². The third kappa shape index (κ3) is 5.37. The number of sulfonamides is 1. The third-order valence-electron chi connectivity index (χ3n) is 6.03. The van der Waals surface area contributed by atoms with E-state index in [1.54, 1.807) is 48.5 Å². The zero-order chi connectivity index (χ0) is 26.9. The fourth-order valence-electron chi connectivity index (χ4n) is 4.36. The number of amides is 1. The number of hydrogen-bond donors (Lipinski definition) is 3. The second kappa shape index (κ2) is 10.0. The van der Waals surface area contributed by atoms with Crippen LogP contribution in [0.15, 0.2) is 78.9 Å². The minimum atomic E-state index is -3.40. The van der Waals surface area contributed by atoms with Crippen molar-refractivity contribution < 1.29 is 22.7 Å². The number of para-hydroxylation sites is 1. The van der Waals surface area contributed by atoms with Gasteiger partial charge in [0, 0.05) is 29.0 Å². The molecule has 1 amide bonds. The average molecular weight is 532 g/mol. The minimum Gasteiger partial charge on any atom is -0.457 e. The van der Waals surface area contributed by atoms with Crippen molar-refractivity contribution in [3.05, 3.63) is 95.7 Å². The van der Waals surface area contributed by atoms with Gasteiger partial charge >= 0.3 is 0 Å². The van der Waals surface area contributed by atoms with Crippen LogP contribution in [0.2, 0.25) is 0 Å². The number of nitrogens with zero attached hydrogens (tertiary/aromatic N) is 2. The van der Waals surface area contributed by atoms with Gasteiger partial charge in [0.1, 0.15) is 17.5 Å². The standard InChI is InChI=1S/C27H25N5O5S/c1-17(33)25-24-23(16-32(25)20-12-10-19(11-13-20)31-38(2,35)36)26(30-29-24)28-27(34)18-8-14-22(15-9-18)37-21-6-4-3-5-7-21/h3-15,25,31H,16H2,1-2H3,(H2,28,29,30,34). The monoisotopic (exact) mass is 531 g/mol. The lowest BCUT2D eigenvalue weighted by Crippen LogP contribution is -2.27. The van der Waals surface area contributed by atoms with Crippen molar-refractivity contribution in [3.63, 3.8) is 0 Å². The van der Waals surface area contributed by atoms with E-state index in [1.807, 2.05) is 35.2 Å². The summed E-state index contributed by atoms with van der Waals surface area (Å²) in [5.74, 6) is 1.20. The van der Waals surface area contributed by atoms with Crippen LogP contribution in [0.25, 0.3) is 0 Å². The van der Waals surface area contributed by atoms with Gasteiger partial charge in [0.05, 0.1) is 11.9 Å². The van der Waals surface area contributed by atoms with Crippen LogP contribution in [0.5, 0.6) is 11.5 Å². The molecule has 1 aromatic heterocycles. The molecule has 4 aromatic rings. The molecule has 5 rings (SSSR count). The summed E-state index contributed by atoms with van der Waals surface area (Å²) in [7, 11) is -3.40. The van der Waals surface area contributed by atoms with Crippen molar-refractivity contribution in [3.8, 4) is 11.5 Å². The van der Waals surface area contributed by atoms with Crippen molar-refractivity contribution in [2.45, 2.75) is 19.5 Å². The van der Waals surface area contributed by atoms with Gasteiger partial charge in [0.2, 0.25) is 10.0 Å². The molecule has 11 heteroatoms. The Morgan fingerprint density at radius 3 is 2.26 bits per heavy atom. The highest BCUT2D eigenvalue weighted by Gasteiger charge is 2.38. The van der Waals surface area contributed by atoms with E-state index in [9.17, 15) is 18.0 Å². The van der Waals surface area contributed by atoms with Crippen molar-refractivity contribution in [2.24, 2.45) is 0 Å². The summed E-state index contributed by atoms with van der Waals surface area (Å²) >= 11 is 0. The van der Waals surface area contributed by atoms with Gasteiger partial charge in [-0.2, -0.15) is 5.10 Å². The van der Waals surface area contributed by atoms with E-state index in [1.165, 1.54) is 6.92 Å². The number of ether oxygens (including phenoxy) is 1. The average Bonchev–Trinajstić information content (AvgIpc) is 3.44. The number of ketones is 1. The zero-order valence-electron chi connectivity index (χ0n) is 20.6. The number of H-pyrrole nitrogens is 1. The summed E-state index contributed by atoms with van der Waals surface area (Å²) in [6, 6.07) is 22.2. The topological polar surface area (TPSA) is 133 Å². The maximum atomic E-state index is 13.0. The first kappa shape index (κ1) is 25.0. The molecule has 1 aliphatic heterocycles. The molecular formula is C27H25N5O5S. The zero-order valence-corrected chi connectivity index (χ0v) is 21.5. The predicted molar refractivity (Wildman–Crippen MR) is 144 cm³/mol. The lowest BCUT2D eigenvalue weighted by molar-refractivity contribution is -0.118. The lowest BCUT2D eigenvalue weighted by Gasteiger charge is -2.25. The van der Waals surface area contributed by atoms with E-state index in [0.717, 1.165) is 11.9 Å². The van der Waals surface area contributed by atoms with Gasteiger partial charge in [0.25, 0.3) is 5.91 Å². The molecule has 1 aliphatic rings. The highest BCUT2D eigenvalue weighted by atomic mass is 32.2. The largest absolute Gasteiger partial charge is 0.457 e. The van der Waals surface area contributed by atoms with Crippen LogP contribution < -0.4 is 19.7 Å². The predicted octanol–water partition coefficient (Wildman–Crippen LogP) is 4.48. The van der Waals surface area contributed by atoms with E-state index in [4.69, 9.17) is 4.74 Å². The van der Waals surface area contributed by atoms with Crippen LogP contribution in [-0.2, 0) is 21.4 Å². The molecule has 0 spiro atoms. The van der Waals surface area contributed by atoms with Crippen molar-refractivity contribution in [2.75, 3.05) is 21.2 Å². The van der Waals surface area contributed by atoms with Gasteiger partial charge in [0.15, 0.2) is 11.6 Å². The number of nitrogens with one attached hydrogen (secondary N) is 3. The van der Waals surface area contributed by atoms with Crippen molar-refractivity contribution in [1.82, 2.24) is 10.2 Å². The Hall–Kier alpha value is -4.64. The maximum absolute atomic E-state index is 13.0. The van der Waals surface area contributed by atoms with Crippen molar-refractivity contribution >= 4 is 38.9 Å². The summed E-state index contributed by atoms with van der Waals surface area (Å²) < 4.78 is 31.2. The van der Waals surface area contributed by atoms with Crippen LogP contribution >= 0.6 is 0 Å². The first-order valence-corrected chi connectivity index (χ1v) is 13.6. The second-order valence-corrected chi connectivity index (χ2v) is 10.7. The van der Waals surface area contributed by atoms with Gasteiger partial charge in [-0.3, -0.25) is 19.4 Å². The summed E-state index contributed by atoms with van der Waals surface area (Å²) in [5, 5.41) is 10.0. The Bertz CT molecular complexity index is 1580. The Morgan fingerprint density at radius 2 is 1.63 bits per heavy atom. The molecule has 3 aromatic carbocycles. The number of rotatable bonds is 8. The Kier molecular flexibility index (Phi) is 6.60. The quantitative estimate of drug-likeness (QED) is 0.305. The molecule has 10 nitrogen and oxygen atoms in total. The molecule has 194 valence electrons. The van der Waals surface area contributed by atoms with Crippen LogP contribution in [-0.4, -0.2) is 36.6 Å². The summed E-state index contributed by atoms with van der Waals surface area (Å²) in [5.41, 5.74) is 2.89. The third-order valence-corrected chi connectivity index (χ3v) is 6.63. The van der Waals surface area contributed by atoms with E-state index in [0.29, 0.717) is 46.4 Å². The van der Waals surface area contributed by atoms with Crippen LogP contribution in [0, 0.1) is 0 Å². The second-order valence-electron chi connectivity index (χ2n) is 8.92. The van der Waals surface area contributed by atoms with E-state index in [-0.39, 0.29) is 11.7 Å². The molecule has 0 fully saturated rings. The molecule has 0 radical (unpaired) electrons. The number of carbonyl (C=O) groups is 2. The van der Waals surface area contributed by atoms with E-state index >= 15 is 0 Å². The smallest absolute Gasteiger partial charge is 0.256 e. The maximum Gasteiger partial charge on any atom is 0.256 e.